The maximum absolute atomic E-state index is 3.52. The summed E-state index contributed by atoms with van der Waals surface area (Å²) in [6.45, 7) is 13.5. The Kier molecular flexibility index (Phi) is 23.1. The summed E-state index contributed by atoms with van der Waals surface area (Å²) in [5, 5.41) is 14.0. The first-order valence-corrected chi connectivity index (χ1v) is 11.7. The van der Waals surface area contributed by atoms with Crippen molar-refractivity contribution in [3.63, 3.8) is 0 Å². The molecule has 6 heteroatoms. The molecule has 0 saturated carbocycles. The third kappa shape index (κ3) is 22.5. The molecule has 4 nitrogen and oxygen atoms in total. The van der Waals surface area contributed by atoms with E-state index in [0.29, 0.717) is 0 Å². The Hall–Kier alpha value is 0.540. The summed E-state index contributed by atoms with van der Waals surface area (Å²) < 4.78 is 0. The van der Waals surface area contributed by atoms with Gasteiger partial charge in [-0.2, -0.15) is 23.5 Å². The minimum atomic E-state index is 1.13. The Labute approximate surface area is 153 Å². The second-order valence-electron chi connectivity index (χ2n) is 5.45. The molecule has 0 aliphatic heterocycles. The smallest absolute Gasteiger partial charge is 0.00579 e. The van der Waals surface area contributed by atoms with E-state index in [1.165, 1.54) is 42.3 Å². The van der Waals surface area contributed by atoms with Crippen molar-refractivity contribution in [2.45, 2.75) is 33.1 Å². The van der Waals surface area contributed by atoms with Gasteiger partial charge in [-0.3, -0.25) is 0 Å². The van der Waals surface area contributed by atoms with Crippen molar-refractivity contribution in [2.24, 2.45) is 0 Å². The van der Waals surface area contributed by atoms with Crippen LogP contribution in [0.5, 0.6) is 0 Å². The van der Waals surface area contributed by atoms with E-state index in [9.17, 15) is 0 Å². The van der Waals surface area contributed by atoms with Gasteiger partial charge in [0.05, 0.1) is 0 Å². The molecule has 0 heterocycles. The lowest BCUT2D eigenvalue weighted by molar-refractivity contribution is 0.557. The van der Waals surface area contributed by atoms with Crippen LogP contribution in [0.3, 0.4) is 0 Å². The first-order valence-electron chi connectivity index (χ1n) is 9.40. The predicted octanol–water partition coefficient (Wildman–Crippen LogP) is 2.02. The second-order valence-corrected chi connectivity index (χ2v) is 8.24. The van der Waals surface area contributed by atoms with Crippen LogP contribution < -0.4 is 21.3 Å². The number of hydrogen-bond donors (Lipinski definition) is 4. The van der Waals surface area contributed by atoms with E-state index >= 15 is 0 Å². The van der Waals surface area contributed by atoms with Crippen molar-refractivity contribution in [1.29, 1.82) is 0 Å². The average molecular weight is 365 g/mol. The number of thioether (sulfide) groups is 2. The lowest BCUT2D eigenvalue weighted by Gasteiger charge is -2.08. The Morgan fingerprint density at radius 1 is 0.478 bits per heavy atom. The van der Waals surface area contributed by atoms with Crippen LogP contribution in [0.15, 0.2) is 0 Å². The van der Waals surface area contributed by atoms with Crippen molar-refractivity contribution >= 4 is 23.5 Å². The SMILES string of the molecule is CCSCCNCCCNCCCNCCCNCCSCC. The van der Waals surface area contributed by atoms with E-state index < -0.39 is 0 Å². The molecule has 0 radical (unpaired) electrons. The van der Waals surface area contributed by atoms with Crippen LogP contribution in [0.25, 0.3) is 0 Å². The molecule has 0 aromatic carbocycles. The molecule has 0 saturated heterocycles. The van der Waals surface area contributed by atoms with Gasteiger partial charge >= 0.3 is 0 Å². The van der Waals surface area contributed by atoms with E-state index in [0.717, 1.165) is 52.4 Å². The van der Waals surface area contributed by atoms with Crippen LogP contribution in [0.4, 0.5) is 0 Å². The summed E-state index contributed by atoms with van der Waals surface area (Å²) in [6.07, 6.45) is 3.68. The molecule has 140 valence electrons. The van der Waals surface area contributed by atoms with Crippen molar-refractivity contribution < 1.29 is 0 Å². The van der Waals surface area contributed by atoms with Gasteiger partial charge in [-0.1, -0.05) is 13.8 Å². The van der Waals surface area contributed by atoms with Gasteiger partial charge in [0.15, 0.2) is 0 Å². The summed E-state index contributed by atoms with van der Waals surface area (Å²) in [5.74, 6) is 4.93. The fourth-order valence-electron chi connectivity index (χ4n) is 2.09. The molecule has 0 bridgehead atoms. The van der Waals surface area contributed by atoms with Crippen molar-refractivity contribution in [2.75, 3.05) is 75.4 Å². The van der Waals surface area contributed by atoms with Crippen LogP contribution in [-0.4, -0.2) is 75.4 Å². The Morgan fingerprint density at radius 2 is 0.783 bits per heavy atom. The van der Waals surface area contributed by atoms with Gasteiger partial charge in [-0.25, -0.2) is 0 Å². The first kappa shape index (κ1) is 23.5. The zero-order valence-electron chi connectivity index (χ0n) is 15.4. The third-order valence-electron chi connectivity index (χ3n) is 3.38. The Balaban J connectivity index is 2.92. The Bertz CT molecular complexity index is 189. The predicted molar refractivity (Wildman–Crippen MR) is 111 cm³/mol. The third-order valence-corrected chi connectivity index (χ3v) is 5.18. The highest BCUT2D eigenvalue weighted by Crippen LogP contribution is 1.95. The van der Waals surface area contributed by atoms with E-state index in [1.54, 1.807) is 0 Å². The van der Waals surface area contributed by atoms with Crippen molar-refractivity contribution in [3.05, 3.63) is 0 Å². The minimum Gasteiger partial charge on any atom is -0.317 e. The largest absolute Gasteiger partial charge is 0.317 e. The molecular formula is C17H40N4S2. The standard InChI is InChI=1S/C17H40N4S2/c1-3-22-16-14-20-12-6-10-18-8-5-9-19-11-7-13-21-15-17-23-4-2/h18-21H,3-17H2,1-2H3. The summed E-state index contributed by atoms with van der Waals surface area (Å²) in [7, 11) is 0. The molecule has 0 atom stereocenters. The molecule has 4 N–H and O–H groups in total. The molecule has 0 aromatic rings. The van der Waals surface area contributed by atoms with E-state index in [1.807, 2.05) is 23.5 Å². The minimum absolute atomic E-state index is 1.13. The van der Waals surface area contributed by atoms with E-state index in [-0.39, 0.29) is 0 Å². The molecule has 0 spiro atoms. The monoisotopic (exact) mass is 364 g/mol. The summed E-state index contributed by atoms with van der Waals surface area (Å²) in [4.78, 5) is 0. The van der Waals surface area contributed by atoms with E-state index in [4.69, 9.17) is 0 Å². The molecular weight excluding hydrogens is 324 g/mol. The molecule has 0 aromatic heterocycles. The van der Waals surface area contributed by atoms with Gasteiger partial charge < -0.3 is 21.3 Å². The van der Waals surface area contributed by atoms with Gasteiger partial charge in [0, 0.05) is 24.6 Å². The van der Waals surface area contributed by atoms with Crippen LogP contribution in [0.2, 0.25) is 0 Å². The quantitative estimate of drug-likeness (QED) is 0.248. The van der Waals surface area contributed by atoms with Gasteiger partial charge in [-0.05, 0) is 70.0 Å². The lowest BCUT2D eigenvalue weighted by Crippen LogP contribution is -2.27. The van der Waals surface area contributed by atoms with E-state index in [2.05, 4.69) is 35.1 Å². The van der Waals surface area contributed by atoms with Gasteiger partial charge in [0.25, 0.3) is 0 Å². The molecule has 23 heavy (non-hydrogen) atoms. The highest BCUT2D eigenvalue weighted by molar-refractivity contribution is 7.99. The van der Waals surface area contributed by atoms with Crippen LogP contribution in [-0.2, 0) is 0 Å². The maximum Gasteiger partial charge on any atom is 0.00579 e. The number of rotatable bonds is 20. The zero-order chi connectivity index (χ0) is 16.8. The number of hydrogen-bond acceptors (Lipinski definition) is 6. The van der Waals surface area contributed by atoms with Crippen molar-refractivity contribution in [1.82, 2.24) is 21.3 Å². The molecule has 0 fully saturated rings. The highest BCUT2D eigenvalue weighted by Gasteiger charge is 1.92. The lowest BCUT2D eigenvalue weighted by atomic mass is 10.3. The van der Waals surface area contributed by atoms with Gasteiger partial charge in [0.1, 0.15) is 0 Å². The maximum atomic E-state index is 3.52. The van der Waals surface area contributed by atoms with Crippen LogP contribution >= 0.6 is 23.5 Å². The van der Waals surface area contributed by atoms with Crippen molar-refractivity contribution in [3.8, 4) is 0 Å². The molecule has 0 aliphatic rings. The fraction of sp³-hybridized carbons (Fsp3) is 1.00. The molecule has 0 rings (SSSR count). The second kappa shape index (κ2) is 22.5. The summed E-state index contributed by atoms with van der Waals surface area (Å²) in [6, 6.07) is 0. The first-order chi connectivity index (χ1) is 11.4. The van der Waals surface area contributed by atoms with Gasteiger partial charge in [-0.15, -0.1) is 0 Å². The topological polar surface area (TPSA) is 48.1 Å². The summed E-state index contributed by atoms with van der Waals surface area (Å²) in [5.41, 5.74) is 0. The fourth-order valence-corrected chi connectivity index (χ4v) is 3.25. The van der Waals surface area contributed by atoms with Gasteiger partial charge in [0.2, 0.25) is 0 Å². The molecule has 0 aliphatic carbocycles. The van der Waals surface area contributed by atoms with Crippen LogP contribution in [0.1, 0.15) is 33.1 Å². The Morgan fingerprint density at radius 3 is 1.09 bits per heavy atom. The highest BCUT2D eigenvalue weighted by atomic mass is 32.2. The number of nitrogens with one attached hydrogen (secondary N) is 4. The molecule has 0 unspecified atom stereocenters. The zero-order valence-corrected chi connectivity index (χ0v) is 17.1. The summed E-state index contributed by atoms with van der Waals surface area (Å²) >= 11 is 4.01. The average Bonchev–Trinajstić information content (AvgIpc) is 2.57. The molecule has 0 amide bonds. The normalized spacial score (nSPS) is 11.2. The van der Waals surface area contributed by atoms with Crippen LogP contribution in [0, 0.1) is 0 Å².